The number of nitrogens with zero attached hydrogens (tertiary/aromatic N) is 3. The molecule has 0 bridgehead atoms. The zero-order valence-corrected chi connectivity index (χ0v) is 10.7. The predicted octanol–water partition coefficient (Wildman–Crippen LogP) is 0.530. The molecule has 1 aliphatic rings. The van der Waals surface area contributed by atoms with E-state index in [1.54, 1.807) is 0 Å². The summed E-state index contributed by atoms with van der Waals surface area (Å²) < 4.78 is 41.9. The summed E-state index contributed by atoms with van der Waals surface area (Å²) in [6, 6.07) is 0. The van der Waals surface area contributed by atoms with Gasteiger partial charge in [0.1, 0.15) is 12.2 Å². The number of β-amino-alcohol motifs (C(OH)–C–C–N with tert-alkyl or cyclic N) is 1. The number of rotatable bonds is 2. The molecule has 116 valence electrons. The van der Waals surface area contributed by atoms with Crippen LogP contribution in [-0.4, -0.2) is 46.5 Å². The van der Waals surface area contributed by atoms with Crippen LogP contribution >= 0.6 is 0 Å². The van der Waals surface area contributed by atoms with Crippen molar-refractivity contribution in [2.24, 2.45) is 5.73 Å². The second-order valence-corrected chi connectivity index (χ2v) is 4.55. The second-order valence-electron chi connectivity index (χ2n) is 4.55. The molecule has 0 radical (unpaired) electrons. The molecule has 7 nitrogen and oxygen atoms in total. The number of carbonyl (C=O) groups excluding carboxylic acids is 1. The number of halogens is 3. The summed E-state index contributed by atoms with van der Waals surface area (Å²) in [7, 11) is 0. The van der Waals surface area contributed by atoms with Gasteiger partial charge < -0.3 is 20.5 Å². The summed E-state index contributed by atoms with van der Waals surface area (Å²) in [5.74, 6) is 0.0691. The molecule has 2 atom stereocenters. The van der Waals surface area contributed by atoms with Crippen molar-refractivity contribution in [3.8, 4) is 0 Å². The molecular formula is C11H13F3N4O3. The summed E-state index contributed by atoms with van der Waals surface area (Å²) in [6.07, 6.45) is -5.61. The first-order valence-corrected chi connectivity index (χ1v) is 6.05. The summed E-state index contributed by atoms with van der Waals surface area (Å²) in [4.78, 5) is 19.4. The Morgan fingerprint density at radius 3 is 2.52 bits per heavy atom. The Hall–Kier alpha value is -2.10. The quantitative estimate of drug-likeness (QED) is 0.826. The molecule has 0 spiro atoms. The fourth-order valence-corrected chi connectivity index (χ4v) is 2.01. The number of hydrogen-bond acceptors (Lipinski definition) is 6. The lowest BCUT2D eigenvalue weighted by atomic mass is 10.1. The minimum atomic E-state index is -4.50. The van der Waals surface area contributed by atoms with Crippen LogP contribution in [0.4, 0.5) is 23.9 Å². The van der Waals surface area contributed by atoms with Gasteiger partial charge in [0.15, 0.2) is 0 Å². The minimum absolute atomic E-state index is 0.0311. The van der Waals surface area contributed by atoms with E-state index in [1.165, 1.54) is 4.90 Å². The average Bonchev–Trinajstić information content (AvgIpc) is 2.40. The third kappa shape index (κ3) is 3.72. The van der Waals surface area contributed by atoms with Gasteiger partial charge in [0.25, 0.3) is 0 Å². The normalized spacial score (nSPS) is 23.0. The highest BCUT2D eigenvalue weighted by atomic mass is 19.4. The highest BCUT2D eigenvalue weighted by molar-refractivity contribution is 5.64. The number of ether oxygens (including phenoxy) is 1. The number of primary amides is 1. The van der Waals surface area contributed by atoms with Crippen LogP contribution in [0, 0.1) is 0 Å². The zero-order valence-electron chi connectivity index (χ0n) is 10.7. The Kier molecular flexibility index (Phi) is 4.16. The molecule has 1 fully saturated rings. The maximum absolute atomic E-state index is 12.4. The Labute approximate surface area is 117 Å². The van der Waals surface area contributed by atoms with Crippen molar-refractivity contribution in [1.29, 1.82) is 0 Å². The van der Waals surface area contributed by atoms with Crippen molar-refractivity contribution in [2.45, 2.75) is 24.8 Å². The van der Waals surface area contributed by atoms with Crippen molar-refractivity contribution in [3.05, 3.63) is 18.0 Å². The summed E-state index contributed by atoms with van der Waals surface area (Å²) in [5.41, 5.74) is 3.93. The molecular weight excluding hydrogens is 293 g/mol. The smallest absolute Gasteiger partial charge is 0.419 e. The van der Waals surface area contributed by atoms with Gasteiger partial charge in [0, 0.05) is 25.4 Å². The van der Waals surface area contributed by atoms with Crippen molar-refractivity contribution in [3.63, 3.8) is 0 Å². The van der Waals surface area contributed by atoms with Crippen molar-refractivity contribution in [1.82, 2.24) is 9.97 Å². The molecule has 0 aliphatic carbocycles. The van der Waals surface area contributed by atoms with Crippen LogP contribution in [0.5, 0.6) is 0 Å². The van der Waals surface area contributed by atoms with Gasteiger partial charge in [-0.1, -0.05) is 0 Å². The number of aliphatic hydroxyl groups is 1. The van der Waals surface area contributed by atoms with Crippen molar-refractivity contribution in [2.75, 3.05) is 18.0 Å². The SMILES string of the molecule is NC(=O)O[C@H]1CCN(c2ncc(C(F)(F)F)cn2)C[C@H]1O. The van der Waals surface area contributed by atoms with Crippen LogP contribution in [0.1, 0.15) is 12.0 Å². The summed E-state index contributed by atoms with van der Waals surface area (Å²) in [6.45, 7) is 0.351. The number of anilines is 1. The first kappa shape index (κ1) is 15.3. The molecule has 3 N–H and O–H groups in total. The summed E-state index contributed by atoms with van der Waals surface area (Å²) >= 11 is 0. The summed E-state index contributed by atoms with van der Waals surface area (Å²) in [5, 5.41) is 9.82. The maximum atomic E-state index is 12.4. The number of alkyl halides is 3. The Balaban J connectivity index is 2.02. The standard InChI is InChI=1S/C11H13F3N4O3/c12-11(13,14)6-3-16-10(17-4-6)18-2-1-8(7(19)5-18)21-9(15)20/h3-4,7-8,19H,1-2,5H2,(H2,15,20)/t7-,8+/m1/s1. The van der Waals surface area contributed by atoms with Crippen LogP contribution in [0.25, 0.3) is 0 Å². The van der Waals surface area contributed by atoms with Crippen LogP contribution in [0.3, 0.4) is 0 Å². The molecule has 0 saturated carbocycles. The molecule has 0 aromatic carbocycles. The molecule has 1 aliphatic heterocycles. The highest BCUT2D eigenvalue weighted by Crippen LogP contribution is 2.28. The van der Waals surface area contributed by atoms with Crippen LogP contribution in [0.15, 0.2) is 12.4 Å². The van der Waals surface area contributed by atoms with E-state index in [2.05, 4.69) is 9.97 Å². The highest BCUT2D eigenvalue weighted by Gasteiger charge is 2.33. The van der Waals surface area contributed by atoms with Gasteiger partial charge in [-0.3, -0.25) is 0 Å². The number of amides is 1. The van der Waals surface area contributed by atoms with E-state index < -0.39 is 30.0 Å². The fourth-order valence-electron chi connectivity index (χ4n) is 2.01. The third-order valence-electron chi connectivity index (χ3n) is 3.04. The molecule has 0 unspecified atom stereocenters. The third-order valence-corrected chi connectivity index (χ3v) is 3.04. The van der Waals surface area contributed by atoms with Gasteiger partial charge in [0.05, 0.1) is 12.1 Å². The molecule has 1 amide bonds. The number of hydrogen-bond donors (Lipinski definition) is 2. The molecule has 1 saturated heterocycles. The van der Waals surface area contributed by atoms with Crippen LogP contribution in [0.2, 0.25) is 0 Å². The maximum Gasteiger partial charge on any atom is 0.419 e. The van der Waals surface area contributed by atoms with E-state index in [4.69, 9.17) is 10.5 Å². The number of aromatic nitrogens is 2. The van der Waals surface area contributed by atoms with E-state index in [0.29, 0.717) is 18.9 Å². The Morgan fingerprint density at radius 2 is 2.05 bits per heavy atom. The second kappa shape index (κ2) is 5.72. The number of aliphatic hydroxyl groups excluding tert-OH is 1. The number of piperidine rings is 1. The predicted molar refractivity (Wildman–Crippen MR) is 64.3 cm³/mol. The van der Waals surface area contributed by atoms with E-state index in [0.717, 1.165) is 0 Å². The lowest BCUT2D eigenvalue weighted by Gasteiger charge is -2.35. The van der Waals surface area contributed by atoms with Gasteiger partial charge in [0.2, 0.25) is 5.95 Å². The van der Waals surface area contributed by atoms with E-state index in [9.17, 15) is 23.1 Å². The average molecular weight is 306 g/mol. The lowest BCUT2D eigenvalue weighted by molar-refractivity contribution is -0.138. The topological polar surface area (TPSA) is 102 Å². The first-order chi connectivity index (χ1) is 9.77. The molecule has 1 aromatic heterocycles. The lowest BCUT2D eigenvalue weighted by Crippen LogP contribution is -2.49. The first-order valence-electron chi connectivity index (χ1n) is 6.05. The van der Waals surface area contributed by atoms with Crippen LogP contribution in [-0.2, 0) is 10.9 Å². The fraction of sp³-hybridized carbons (Fsp3) is 0.545. The van der Waals surface area contributed by atoms with E-state index >= 15 is 0 Å². The Bertz CT molecular complexity index is 508. The molecule has 1 aromatic rings. The monoisotopic (exact) mass is 306 g/mol. The van der Waals surface area contributed by atoms with Crippen molar-refractivity contribution < 1.29 is 27.8 Å². The zero-order chi connectivity index (χ0) is 15.6. The number of nitrogens with two attached hydrogens (primary N) is 1. The molecule has 10 heteroatoms. The van der Waals surface area contributed by atoms with E-state index in [-0.39, 0.29) is 18.9 Å². The van der Waals surface area contributed by atoms with Gasteiger partial charge in [-0.25, -0.2) is 14.8 Å². The van der Waals surface area contributed by atoms with Crippen LogP contribution < -0.4 is 10.6 Å². The molecule has 2 rings (SSSR count). The minimum Gasteiger partial charge on any atom is -0.443 e. The Morgan fingerprint density at radius 1 is 1.43 bits per heavy atom. The van der Waals surface area contributed by atoms with Gasteiger partial charge in [-0.2, -0.15) is 13.2 Å². The van der Waals surface area contributed by atoms with Crippen molar-refractivity contribution >= 4 is 12.0 Å². The molecule has 21 heavy (non-hydrogen) atoms. The van der Waals surface area contributed by atoms with Gasteiger partial charge in [-0.15, -0.1) is 0 Å². The van der Waals surface area contributed by atoms with E-state index in [1.807, 2.05) is 0 Å². The van der Waals surface area contributed by atoms with Gasteiger partial charge in [-0.05, 0) is 0 Å². The number of carbonyl (C=O) groups is 1. The van der Waals surface area contributed by atoms with Gasteiger partial charge >= 0.3 is 12.3 Å². The largest absolute Gasteiger partial charge is 0.443 e. The molecule has 2 heterocycles.